The van der Waals surface area contributed by atoms with Gasteiger partial charge < -0.3 is 10.8 Å². The molecule has 0 heterocycles. The highest BCUT2D eigenvalue weighted by Crippen LogP contribution is 2.08. The van der Waals surface area contributed by atoms with E-state index in [-0.39, 0.29) is 12.0 Å². The van der Waals surface area contributed by atoms with Gasteiger partial charge in [0.1, 0.15) is 0 Å². The highest BCUT2D eigenvalue weighted by atomic mass is 16.4. The lowest BCUT2D eigenvalue weighted by Crippen LogP contribution is -2.18. The number of aliphatic carboxylic acids is 1. The molecule has 0 bridgehead atoms. The Morgan fingerprint density at radius 1 is 1.64 bits per heavy atom. The monoisotopic (exact) mass is 157 g/mol. The molecule has 62 valence electrons. The van der Waals surface area contributed by atoms with Crippen LogP contribution in [0, 0.1) is 5.92 Å². The Morgan fingerprint density at radius 3 is 2.36 bits per heavy atom. The van der Waals surface area contributed by atoms with E-state index in [4.69, 9.17) is 10.8 Å². The first-order valence-corrected chi connectivity index (χ1v) is 3.15. The van der Waals surface area contributed by atoms with Crippen molar-refractivity contribution in [2.45, 2.75) is 13.3 Å². The lowest BCUT2D eigenvalue weighted by Gasteiger charge is -2.04. The average molecular weight is 157 g/mol. The predicted octanol–water partition coefficient (Wildman–Crippen LogP) is 0.139. The summed E-state index contributed by atoms with van der Waals surface area (Å²) in [5.41, 5.74) is 5.01. The van der Waals surface area contributed by atoms with Crippen LogP contribution in [0.15, 0.2) is 12.2 Å². The van der Waals surface area contributed by atoms with E-state index in [9.17, 15) is 9.59 Å². The first-order valence-electron chi connectivity index (χ1n) is 3.15. The van der Waals surface area contributed by atoms with Crippen molar-refractivity contribution in [3.63, 3.8) is 0 Å². The van der Waals surface area contributed by atoms with Gasteiger partial charge in [-0.3, -0.25) is 9.59 Å². The van der Waals surface area contributed by atoms with Crippen LogP contribution in [-0.4, -0.2) is 17.0 Å². The van der Waals surface area contributed by atoms with Crippen LogP contribution in [0.3, 0.4) is 0 Å². The second-order valence-electron chi connectivity index (χ2n) is 2.41. The van der Waals surface area contributed by atoms with Crippen molar-refractivity contribution in [1.29, 1.82) is 0 Å². The number of carbonyl (C=O) groups is 2. The molecule has 1 amide bonds. The van der Waals surface area contributed by atoms with Crippen LogP contribution >= 0.6 is 0 Å². The van der Waals surface area contributed by atoms with E-state index < -0.39 is 17.8 Å². The Balaban J connectivity index is 3.95. The van der Waals surface area contributed by atoms with Crippen LogP contribution in [0.2, 0.25) is 0 Å². The van der Waals surface area contributed by atoms with Crippen LogP contribution in [0.5, 0.6) is 0 Å². The fraction of sp³-hybridized carbons (Fsp3) is 0.429. The van der Waals surface area contributed by atoms with Crippen LogP contribution in [0.4, 0.5) is 0 Å². The number of amides is 1. The molecule has 0 aromatic carbocycles. The van der Waals surface area contributed by atoms with Crippen molar-refractivity contribution >= 4 is 11.9 Å². The lowest BCUT2D eigenvalue weighted by molar-refractivity contribution is -0.141. The summed E-state index contributed by atoms with van der Waals surface area (Å²) in [7, 11) is 0. The van der Waals surface area contributed by atoms with Crippen LogP contribution < -0.4 is 5.73 Å². The van der Waals surface area contributed by atoms with Gasteiger partial charge in [0.15, 0.2) is 0 Å². The van der Waals surface area contributed by atoms with Gasteiger partial charge in [-0.25, -0.2) is 0 Å². The van der Waals surface area contributed by atoms with E-state index in [0.717, 1.165) is 0 Å². The Labute approximate surface area is 64.7 Å². The summed E-state index contributed by atoms with van der Waals surface area (Å²) >= 11 is 0. The van der Waals surface area contributed by atoms with Crippen LogP contribution in [0.25, 0.3) is 0 Å². The second-order valence-corrected chi connectivity index (χ2v) is 2.41. The van der Waals surface area contributed by atoms with Crippen molar-refractivity contribution in [2.24, 2.45) is 11.7 Å². The molecule has 3 N–H and O–H groups in total. The number of hydrogen-bond donors (Lipinski definition) is 2. The number of carbonyl (C=O) groups excluding carboxylic acids is 1. The second kappa shape index (κ2) is 3.75. The van der Waals surface area contributed by atoms with Gasteiger partial charge in [-0.2, -0.15) is 0 Å². The molecule has 0 fully saturated rings. The molecule has 0 spiro atoms. The molecule has 0 saturated heterocycles. The van der Waals surface area contributed by atoms with Crippen LogP contribution in [-0.2, 0) is 9.59 Å². The molecular weight excluding hydrogens is 146 g/mol. The number of carboxylic acids is 1. The first kappa shape index (κ1) is 9.68. The largest absolute Gasteiger partial charge is 0.481 e. The van der Waals surface area contributed by atoms with Crippen molar-refractivity contribution in [1.82, 2.24) is 0 Å². The summed E-state index contributed by atoms with van der Waals surface area (Å²) in [6, 6.07) is 0. The highest BCUT2D eigenvalue weighted by molar-refractivity contribution is 5.91. The van der Waals surface area contributed by atoms with Crippen LogP contribution in [0.1, 0.15) is 13.3 Å². The third kappa shape index (κ3) is 3.40. The fourth-order valence-electron chi connectivity index (χ4n) is 0.558. The number of nitrogens with two attached hydrogens (primary N) is 1. The standard InChI is InChI=1S/C7H11NO3/c1-4(6(8)9)3-5(2)7(10)11/h5H,1,3H2,2H3,(H2,8,9)(H,10,11). The number of carboxylic acid groups (broad SMARTS) is 1. The molecule has 0 aliphatic carbocycles. The minimum Gasteiger partial charge on any atom is -0.481 e. The Morgan fingerprint density at radius 2 is 2.09 bits per heavy atom. The van der Waals surface area contributed by atoms with Gasteiger partial charge in [0.05, 0.1) is 5.92 Å². The summed E-state index contributed by atoms with van der Waals surface area (Å²) in [6.07, 6.45) is 0.116. The molecule has 0 saturated carbocycles. The Hall–Kier alpha value is -1.32. The van der Waals surface area contributed by atoms with Gasteiger partial charge in [0, 0.05) is 5.57 Å². The third-order valence-electron chi connectivity index (χ3n) is 1.32. The van der Waals surface area contributed by atoms with Gasteiger partial charge in [-0.15, -0.1) is 0 Å². The minimum atomic E-state index is -0.951. The van der Waals surface area contributed by atoms with Gasteiger partial charge in [-0.1, -0.05) is 13.5 Å². The zero-order chi connectivity index (χ0) is 9.02. The number of rotatable bonds is 4. The molecular formula is C7H11NO3. The normalized spacial score (nSPS) is 12.1. The third-order valence-corrected chi connectivity index (χ3v) is 1.32. The topological polar surface area (TPSA) is 80.4 Å². The van der Waals surface area contributed by atoms with Crippen molar-refractivity contribution in [3.8, 4) is 0 Å². The van der Waals surface area contributed by atoms with Crippen molar-refractivity contribution in [2.75, 3.05) is 0 Å². The molecule has 1 unspecified atom stereocenters. The molecule has 11 heavy (non-hydrogen) atoms. The summed E-state index contributed by atoms with van der Waals surface area (Å²) in [5, 5.41) is 8.42. The summed E-state index contributed by atoms with van der Waals surface area (Å²) in [4.78, 5) is 20.7. The van der Waals surface area contributed by atoms with Crippen molar-refractivity contribution < 1.29 is 14.7 Å². The minimum absolute atomic E-state index is 0.116. The van der Waals surface area contributed by atoms with E-state index in [2.05, 4.69) is 6.58 Å². The number of hydrogen-bond acceptors (Lipinski definition) is 2. The maximum atomic E-state index is 10.4. The van der Waals surface area contributed by atoms with Gasteiger partial charge in [0.25, 0.3) is 0 Å². The summed E-state index contributed by atoms with van der Waals surface area (Å²) in [5.74, 6) is -2.19. The maximum Gasteiger partial charge on any atom is 0.306 e. The van der Waals surface area contributed by atoms with E-state index in [1.54, 1.807) is 0 Å². The fourth-order valence-corrected chi connectivity index (χ4v) is 0.558. The summed E-state index contributed by atoms with van der Waals surface area (Å²) < 4.78 is 0. The molecule has 4 nitrogen and oxygen atoms in total. The van der Waals surface area contributed by atoms with E-state index in [1.165, 1.54) is 6.92 Å². The van der Waals surface area contributed by atoms with Crippen molar-refractivity contribution in [3.05, 3.63) is 12.2 Å². The van der Waals surface area contributed by atoms with E-state index >= 15 is 0 Å². The van der Waals surface area contributed by atoms with E-state index in [0.29, 0.717) is 0 Å². The molecule has 0 aromatic rings. The van der Waals surface area contributed by atoms with Gasteiger partial charge >= 0.3 is 5.97 Å². The quantitative estimate of drug-likeness (QED) is 0.569. The molecule has 0 aromatic heterocycles. The average Bonchev–Trinajstić information content (AvgIpc) is 1.87. The lowest BCUT2D eigenvalue weighted by atomic mass is 10.0. The zero-order valence-corrected chi connectivity index (χ0v) is 6.33. The SMILES string of the molecule is C=C(CC(C)C(=O)O)C(N)=O. The molecule has 0 rings (SSSR count). The van der Waals surface area contributed by atoms with Gasteiger partial charge in [-0.05, 0) is 6.42 Å². The highest BCUT2D eigenvalue weighted by Gasteiger charge is 2.14. The zero-order valence-electron chi connectivity index (χ0n) is 6.33. The Kier molecular flexibility index (Phi) is 3.30. The Bertz CT molecular complexity index is 198. The maximum absolute atomic E-state index is 10.4. The molecule has 1 atom stereocenters. The summed E-state index contributed by atoms with van der Waals surface area (Å²) in [6.45, 7) is 4.84. The van der Waals surface area contributed by atoms with Gasteiger partial charge in [0.2, 0.25) is 5.91 Å². The van der Waals surface area contributed by atoms with E-state index in [1.807, 2.05) is 0 Å². The number of primary amides is 1. The molecule has 0 aliphatic rings. The smallest absolute Gasteiger partial charge is 0.306 e. The predicted molar refractivity (Wildman–Crippen MR) is 39.8 cm³/mol. The first-order chi connectivity index (χ1) is 4.95. The molecule has 4 heteroatoms. The molecule has 0 aliphatic heterocycles. The molecule has 0 radical (unpaired) electrons.